The third-order valence-electron chi connectivity index (χ3n) is 5.19. The summed E-state index contributed by atoms with van der Waals surface area (Å²) in [7, 11) is 0. The number of benzene rings is 1. The average molecular weight is 425 g/mol. The number of hydrogen-bond acceptors (Lipinski definition) is 5. The number of esters is 1. The number of ether oxygens (including phenoxy) is 1. The Labute approximate surface area is 170 Å². The van der Waals surface area contributed by atoms with Gasteiger partial charge in [-0.05, 0) is 30.4 Å². The first kappa shape index (κ1) is 18.7. The predicted octanol–water partition coefficient (Wildman–Crippen LogP) is 4.06. The van der Waals surface area contributed by atoms with Crippen molar-refractivity contribution in [2.45, 2.75) is 12.5 Å². The molecule has 2 bridgehead atoms. The molecule has 2 aliphatic carbocycles. The number of allylic oxidation sites excluding steroid dienone is 2. The van der Waals surface area contributed by atoms with Crippen LogP contribution in [0.25, 0.3) is 10.2 Å². The van der Waals surface area contributed by atoms with Gasteiger partial charge >= 0.3 is 5.97 Å². The van der Waals surface area contributed by atoms with Crippen molar-refractivity contribution < 1.29 is 14.3 Å². The van der Waals surface area contributed by atoms with Crippen LogP contribution in [0.3, 0.4) is 0 Å². The van der Waals surface area contributed by atoms with Gasteiger partial charge in [-0.1, -0.05) is 35.6 Å². The van der Waals surface area contributed by atoms with E-state index in [1.807, 2.05) is 36.4 Å². The number of anilines is 1. The highest BCUT2D eigenvalue weighted by Crippen LogP contribution is 2.49. The largest absolute Gasteiger partial charge is 0.460 e. The predicted molar refractivity (Wildman–Crippen MR) is 107 cm³/mol. The lowest BCUT2D eigenvalue weighted by Gasteiger charge is -2.26. The summed E-state index contributed by atoms with van der Waals surface area (Å²) in [6.45, 7) is 0. The number of halogens is 2. The molecule has 2 aliphatic rings. The summed E-state index contributed by atoms with van der Waals surface area (Å²) in [5.74, 6) is -1.26. The number of fused-ring (bicyclic) bond motifs is 3. The van der Waals surface area contributed by atoms with Gasteiger partial charge in [0.15, 0.2) is 5.13 Å². The number of carbonyl (C=O) groups excluding carboxylic acids is 2. The summed E-state index contributed by atoms with van der Waals surface area (Å²) in [4.78, 5) is 30.1. The first-order chi connectivity index (χ1) is 13.1. The number of hydrogen-bond donors (Lipinski definition) is 1. The Morgan fingerprint density at radius 3 is 2.59 bits per heavy atom. The topological polar surface area (TPSA) is 68.3 Å². The fourth-order valence-corrected chi connectivity index (χ4v) is 5.29. The number of nitrogens with one attached hydrogen (secondary N) is 1. The maximum atomic E-state index is 13.0. The molecule has 1 fully saturated rings. The molecule has 2 aromatic rings. The van der Waals surface area contributed by atoms with E-state index in [0.717, 1.165) is 16.6 Å². The molecule has 8 heteroatoms. The number of alkyl halides is 2. The molecule has 1 N–H and O–H groups in total. The number of carbonyl (C=O) groups is 2. The number of amides is 1. The fraction of sp³-hybridized carbons (Fsp3) is 0.421. The number of thiazole rings is 1. The van der Waals surface area contributed by atoms with Crippen LogP contribution in [-0.2, 0) is 14.3 Å². The molecule has 27 heavy (non-hydrogen) atoms. The molecular weight excluding hydrogens is 407 g/mol. The first-order valence-corrected chi connectivity index (χ1v) is 10.7. The lowest BCUT2D eigenvalue weighted by molar-refractivity contribution is -0.156. The molecule has 1 heterocycles. The summed E-state index contributed by atoms with van der Waals surface area (Å²) in [6, 6.07) is 7.70. The highest BCUT2D eigenvalue weighted by molar-refractivity contribution is 7.22. The van der Waals surface area contributed by atoms with Crippen LogP contribution in [0.5, 0.6) is 0 Å². The maximum Gasteiger partial charge on any atom is 0.310 e. The molecule has 0 aliphatic heterocycles. The second kappa shape index (κ2) is 7.78. The molecule has 1 amide bonds. The highest BCUT2D eigenvalue weighted by atomic mass is 35.5. The maximum absolute atomic E-state index is 13.0. The van der Waals surface area contributed by atoms with Crippen molar-refractivity contribution in [2.24, 2.45) is 23.7 Å². The van der Waals surface area contributed by atoms with Gasteiger partial charge in [-0.25, -0.2) is 4.98 Å². The van der Waals surface area contributed by atoms with Gasteiger partial charge in [-0.3, -0.25) is 9.59 Å². The zero-order chi connectivity index (χ0) is 19.0. The van der Waals surface area contributed by atoms with Crippen molar-refractivity contribution in [3.63, 3.8) is 0 Å². The number of para-hydroxylation sites is 1. The lowest BCUT2D eigenvalue weighted by Crippen LogP contribution is -2.39. The van der Waals surface area contributed by atoms with E-state index in [1.165, 1.54) is 11.3 Å². The van der Waals surface area contributed by atoms with Gasteiger partial charge in [0, 0.05) is 0 Å². The van der Waals surface area contributed by atoms with E-state index in [1.54, 1.807) is 0 Å². The smallest absolute Gasteiger partial charge is 0.310 e. The fourth-order valence-electron chi connectivity index (χ4n) is 3.96. The van der Waals surface area contributed by atoms with E-state index >= 15 is 0 Å². The van der Waals surface area contributed by atoms with Gasteiger partial charge in [0.25, 0.3) is 0 Å². The van der Waals surface area contributed by atoms with Gasteiger partial charge < -0.3 is 10.1 Å². The Balaban J connectivity index is 1.52. The second-order valence-corrected chi connectivity index (χ2v) is 8.49. The summed E-state index contributed by atoms with van der Waals surface area (Å²) in [5, 5.41) is 3.44. The molecule has 1 aromatic heterocycles. The molecule has 4 rings (SSSR count). The van der Waals surface area contributed by atoms with Crippen LogP contribution in [0.1, 0.15) is 6.42 Å². The minimum Gasteiger partial charge on any atom is -0.460 e. The Morgan fingerprint density at radius 2 is 1.89 bits per heavy atom. The van der Waals surface area contributed by atoms with Crippen LogP contribution in [0.15, 0.2) is 36.4 Å². The van der Waals surface area contributed by atoms with E-state index in [4.69, 9.17) is 27.9 Å². The van der Waals surface area contributed by atoms with Gasteiger partial charge in [-0.2, -0.15) is 0 Å². The summed E-state index contributed by atoms with van der Waals surface area (Å²) < 4.78 is 6.44. The minimum atomic E-state index is -0.545. The van der Waals surface area contributed by atoms with Gasteiger partial charge in [0.05, 0.1) is 33.8 Å². The SMILES string of the molecule is O=C(OC(CCl)CCl)[C@@H]1[C@H](C(=O)Nc2nc3ccccc3s2)[C@@H]2C=C[C@H]1C2. The van der Waals surface area contributed by atoms with Crippen LogP contribution in [0.4, 0.5) is 5.13 Å². The number of aromatic nitrogens is 1. The Hall–Kier alpha value is -1.63. The van der Waals surface area contributed by atoms with Crippen molar-refractivity contribution in [1.29, 1.82) is 0 Å². The molecule has 0 radical (unpaired) electrons. The van der Waals surface area contributed by atoms with E-state index in [-0.39, 0.29) is 29.5 Å². The van der Waals surface area contributed by atoms with E-state index in [0.29, 0.717) is 5.13 Å². The van der Waals surface area contributed by atoms with Crippen LogP contribution in [0.2, 0.25) is 0 Å². The van der Waals surface area contributed by atoms with Crippen LogP contribution in [-0.4, -0.2) is 34.7 Å². The van der Waals surface area contributed by atoms with E-state index in [9.17, 15) is 9.59 Å². The average Bonchev–Trinajstić information content (AvgIpc) is 3.38. The van der Waals surface area contributed by atoms with E-state index < -0.39 is 23.9 Å². The molecule has 1 aromatic carbocycles. The lowest BCUT2D eigenvalue weighted by atomic mass is 9.82. The molecular formula is C19H18Cl2N2O3S. The molecule has 142 valence electrons. The van der Waals surface area contributed by atoms with Crippen LogP contribution >= 0.6 is 34.5 Å². The number of nitrogens with zero attached hydrogens (tertiary/aromatic N) is 1. The molecule has 0 saturated heterocycles. The standard InChI is InChI=1S/C19H18Cl2N2O3S/c20-8-12(9-21)26-18(25)16-11-6-5-10(7-11)15(16)17(24)23-19-22-13-3-1-2-4-14(13)27-19/h1-6,10-12,15-16H,7-9H2,(H,22,23,24)/t10-,11+,15-,16+/m1/s1. The molecule has 1 saturated carbocycles. The molecule has 0 unspecified atom stereocenters. The van der Waals surface area contributed by atoms with E-state index in [2.05, 4.69) is 10.3 Å². The quantitative estimate of drug-likeness (QED) is 0.431. The monoisotopic (exact) mass is 424 g/mol. The number of rotatable bonds is 6. The third kappa shape index (κ3) is 3.58. The zero-order valence-corrected chi connectivity index (χ0v) is 16.6. The van der Waals surface area contributed by atoms with Crippen molar-refractivity contribution >= 4 is 61.8 Å². The first-order valence-electron chi connectivity index (χ1n) is 8.78. The Bertz CT molecular complexity index is 863. The second-order valence-electron chi connectivity index (χ2n) is 6.84. The van der Waals surface area contributed by atoms with Crippen LogP contribution in [0, 0.1) is 23.7 Å². The molecule has 5 nitrogen and oxygen atoms in total. The molecule has 0 spiro atoms. The van der Waals surface area contributed by atoms with Crippen LogP contribution < -0.4 is 5.32 Å². The zero-order valence-electron chi connectivity index (χ0n) is 14.3. The van der Waals surface area contributed by atoms with Crippen molar-refractivity contribution in [2.75, 3.05) is 17.1 Å². The van der Waals surface area contributed by atoms with Crippen molar-refractivity contribution in [1.82, 2.24) is 4.98 Å². The normalized spacial score (nSPS) is 26.0. The Morgan fingerprint density at radius 1 is 1.19 bits per heavy atom. The van der Waals surface area contributed by atoms with Gasteiger partial charge in [-0.15, -0.1) is 23.2 Å². The summed E-state index contributed by atoms with van der Waals surface area (Å²) in [5.41, 5.74) is 0.841. The van der Waals surface area contributed by atoms with Crippen molar-refractivity contribution in [3.8, 4) is 0 Å². The highest BCUT2D eigenvalue weighted by Gasteiger charge is 2.52. The summed E-state index contributed by atoms with van der Waals surface area (Å²) in [6.07, 6.45) is 4.27. The minimum absolute atomic E-state index is 0.0138. The van der Waals surface area contributed by atoms with Gasteiger partial charge in [0.2, 0.25) is 5.91 Å². The summed E-state index contributed by atoms with van der Waals surface area (Å²) >= 11 is 13.0. The third-order valence-corrected chi connectivity index (χ3v) is 6.83. The van der Waals surface area contributed by atoms with Gasteiger partial charge in [0.1, 0.15) is 6.10 Å². The van der Waals surface area contributed by atoms with Crippen molar-refractivity contribution in [3.05, 3.63) is 36.4 Å². The Kier molecular flexibility index (Phi) is 5.39. The molecule has 4 atom stereocenters.